The standard InChI is InChI=1S/C11H17ClN2O3S/c1-3-8-7-11(8,14-12)9(15)13-18(16,17)10(4-2)5-6-10/h3,8,14H,1,4-7H2,2H3,(H,13,15)/t8-,11-/m1/s1. The normalized spacial score (nSPS) is 32.7. The zero-order valence-corrected chi connectivity index (χ0v) is 11.8. The Morgan fingerprint density at radius 2 is 2.17 bits per heavy atom. The minimum atomic E-state index is -3.62. The average molecular weight is 293 g/mol. The van der Waals surface area contributed by atoms with Crippen molar-refractivity contribution < 1.29 is 13.2 Å². The summed E-state index contributed by atoms with van der Waals surface area (Å²) in [5.74, 6) is -0.705. The highest BCUT2D eigenvalue weighted by molar-refractivity contribution is 7.91. The van der Waals surface area contributed by atoms with Gasteiger partial charge in [0.2, 0.25) is 10.0 Å². The van der Waals surface area contributed by atoms with Crippen molar-refractivity contribution in [1.82, 2.24) is 9.56 Å². The maximum Gasteiger partial charge on any atom is 0.255 e. The van der Waals surface area contributed by atoms with E-state index in [4.69, 9.17) is 11.8 Å². The predicted molar refractivity (Wildman–Crippen MR) is 69.3 cm³/mol. The van der Waals surface area contributed by atoms with Crippen molar-refractivity contribution in [1.29, 1.82) is 0 Å². The lowest BCUT2D eigenvalue weighted by atomic mass is 10.2. The molecular weight excluding hydrogens is 276 g/mol. The van der Waals surface area contributed by atoms with Crippen molar-refractivity contribution in [2.75, 3.05) is 0 Å². The van der Waals surface area contributed by atoms with Crippen LogP contribution >= 0.6 is 11.8 Å². The molecular formula is C11H17ClN2O3S. The van der Waals surface area contributed by atoms with E-state index in [-0.39, 0.29) is 5.92 Å². The number of rotatable bonds is 6. The van der Waals surface area contributed by atoms with Gasteiger partial charge < -0.3 is 0 Å². The lowest BCUT2D eigenvalue weighted by molar-refractivity contribution is -0.122. The van der Waals surface area contributed by atoms with E-state index >= 15 is 0 Å². The first-order valence-corrected chi connectivity index (χ1v) is 7.81. The van der Waals surface area contributed by atoms with Crippen LogP contribution in [0.25, 0.3) is 0 Å². The Bertz CT molecular complexity index is 487. The molecule has 0 spiro atoms. The second-order valence-corrected chi connectivity index (χ2v) is 7.35. The van der Waals surface area contributed by atoms with Gasteiger partial charge in [-0.3, -0.25) is 9.52 Å². The summed E-state index contributed by atoms with van der Waals surface area (Å²) in [7, 11) is -3.62. The molecule has 0 radical (unpaired) electrons. The SMILES string of the molecule is C=C[C@@H]1C[C@]1(NCl)C(=O)NS(=O)(=O)C1(CC)CC1. The number of carbonyl (C=O) groups is 1. The number of amides is 1. The molecule has 102 valence electrons. The lowest BCUT2D eigenvalue weighted by Crippen LogP contribution is -2.49. The van der Waals surface area contributed by atoms with Gasteiger partial charge in [-0.05, 0) is 37.5 Å². The van der Waals surface area contributed by atoms with Crippen LogP contribution in [-0.2, 0) is 14.8 Å². The van der Waals surface area contributed by atoms with E-state index in [1.165, 1.54) is 0 Å². The largest absolute Gasteiger partial charge is 0.272 e. The Morgan fingerprint density at radius 3 is 2.50 bits per heavy atom. The fraction of sp³-hybridized carbons (Fsp3) is 0.727. The zero-order valence-electron chi connectivity index (χ0n) is 10.2. The first kappa shape index (κ1) is 13.8. The maximum atomic E-state index is 12.1. The smallest absolute Gasteiger partial charge is 0.255 e. The molecule has 0 aromatic rings. The quantitative estimate of drug-likeness (QED) is 0.567. The summed E-state index contributed by atoms with van der Waals surface area (Å²) in [5.41, 5.74) is -1.01. The molecule has 0 aliphatic heterocycles. The minimum Gasteiger partial charge on any atom is -0.272 e. The zero-order chi connectivity index (χ0) is 13.6. The summed E-state index contributed by atoms with van der Waals surface area (Å²) >= 11 is 5.56. The van der Waals surface area contributed by atoms with Crippen LogP contribution in [0.15, 0.2) is 12.7 Å². The topological polar surface area (TPSA) is 75.3 Å². The number of nitrogens with one attached hydrogen (secondary N) is 2. The van der Waals surface area contributed by atoms with E-state index in [0.717, 1.165) is 0 Å². The van der Waals surface area contributed by atoms with E-state index in [9.17, 15) is 13.2 Å². The van der Waals surface area contributed by atoms with Crippen molar-refractivity contribution in [2.45, 2.75) is 42.9 Å². The van der Waals surface area contributed by atoms with E-state index in [1.54, 1.807) is 6.08 Å². The molecule has 0 saturated heterocycles. The summed E-state index contributed by atoms with van der Waals surface area (Å²) in [5, 5.41) is 0. The number of carbonyl (C=O) groups excluding carboxylic acids is 1. The Balaban J connectivity index is 2.11. The molecule has 0 aromatic carbocycles. The van der Waals surface area contributed by atoms with Gasteiger partial charge in [0.15, 0.2) is 0 Å². The van der Waals surface area contributed by atoms with E-state index in [2.05, 4.69) is 16.1 Å². The molecule has 7 heteroatoms. The van der Waals surface area contributed by atoms with Crippen LogP contribution in [0.1, 0.15) is 32.6 Å². The van der Waals surface area contributed by atoms with Gasteiger partial charge in [0, 0.05) is 5.92 Å². The van der Waals surface area contributed by atoms with Crippen molar-refractivity contribution >= 4 is 27.7 Å². The molecule has 0 aromatic heterocycles. The second kappa shape index (κ2) is 4.21. The van der Waals surface area contributed by atoms with Gasteiger partial charge in [-0.2, -0.15) is 0 Å². The van der Waals surface area contributed by atoms with Crippen molar-refractivity contribution in [3.05, 3.63) is 12.7 Å². The Hall–Kier alpha value is -0.590. The van der Waals surface area contributed by atoms with Crippen molar-refractivity contribution in [3.8, 4) is 0 Å². The second-order valence-electron chi connectivity index (χ2n) is 5.08. The molecule has 1 amide bonds. The van der Waals surface area contributed by atoms with Crippen LogP contribution in [0.4, 0.5) is 0 Å². The van der Waals surface area contributed by atoms with Crippen LogP contribution in [0, 0.1) is 5.92 Å². The predicted octanol–water partition coefficient (Wildman–Crippen LogP) is 1.06. The molecule has 2 aliphatic carbocycles. The molecule has 0 unspecified atom stereocenters. The Morgan fingerprint density at radius 1 is 1.56 bits per heavy atom. The van der Waals surface area contributed by atoms with Crippen LogP contribution in [0.5, 0.6) is 0 Å². The highest BCUT2D eigenvalue weighted by Crippen LogP contribution is 2.48. The van der Waals surface area contributed by atoms with Crippen LogP contribution in [0.2, 0.25) is 0 Å². The minimum absolute atomic E-state index is 0.123. The maximum absolute atomic E-state index is 12.1. The van der Waals surface area contributed by atoms with E-state index < -0.39 is 26.2 Å². The Labute approximate surface area is 112 Å². The number of sulfonamides is 1. The van der Waals surface area contributed by atoms with E-state index in [0.29, 0.717) is 25.7 Å². The molecule has 2 aliphatic rings. The molecule has 0 bridgehead atoms. The monoisotopic (exact) mass is 292 g/mol. The first-order valence-electron chi connectivity index (χ1n) is 5.94. The first-order chi connectivity index (χ1) is 8.37. The summed E-state index contributed by atoms with van der Waals surface area (Å²) in [6, 6.07) is 0. The van der Waals surface area contributed by atoms with E-state index in [1.807, 2.05) is 6.92 Å². The molecule has 2 N–H and O–H groups in total. The van der Waals surface area contributed by atoms with Gasteiger partial charge in [0.05, 0.1) is 4.75 Å². The molecule has 18 heavy (non-hydrogen) atoms. The number of hydrogen-bond donors (Lipinski definition) is 2. The summed E-state index contributed by atoms with van der Waals surface area (Å²) in [4.78, 5) is 14.4. The lowest BCUT2D eigenvalue weighted by Gasteiger charge is -2.18. The fourth-order valence-corrected chi connectivity index (χ4v) is 4.22. The highest BCUT2D eigenvalue weighted by atomic mass is 35.5. The number of hydrogen-bond acceptors (Lipinski definition) is 4. The molecule has 2 fully saturated rings. The third kappa shape index (κ3) is 1.87. The molecule has 2 atom stereocenters. The summed E-state index contributed by atoms with van der Waals surface area (Å²) in [6.07, 6.45) is 3.81. The molecule has 5 nitrogen and oxygen atoms in total. The van der Waals surface area contributed by atoms with Gasteiger partial charge in [0.25, 0.3) is 5.91 Å². The highest BCUT2D eigenvalue weighted by Gasteiger charge is 2.61. The average Bonchev–Trinajstić information content (AvgIpc) is 3.22. The van der Waals surface area contributed by atoms with Gasteiger partial charge in [0.1, 0.15) is 5.54 Å². The fourth-order valence-electron chi connectivity index (χ4n) is 2.26. The third-order valence-electron chi connectivity index (χ3n) is 4.12. The van der Waals surface area contributed by atoms with Gasteiger partial charge >= 0.3 is 0 Å². The van der Waals surface area contributed by atoms with Crippen LogP contribution in [-0.4, -0.2) is 24.6 Å². The summed E-state index contributed by atoms with van der Waals surface area (Å²) in [6.45, 7) is 5.41. The summed E-state index contributed by atoms with van der Waals surface area (Å²) < 4.78 is 25.6. The van der Waals surface area contributed by atoms with Crippen molar-refractivity contribution in [2.24, 2.45) is 5.92 Å². The van der Waals surface area contributed by atoms with Gasteiger partial charge in [-0.25, -0.2) is 13.3 Å². The molecule has 2 rings (SSSR count). The van der Waals surface area contributed by atoms with Gasteiger partial charge in [-0.1, -0.05) is 13.0 Å². The third-order valence-corrected chi connectivity index (χ3v) is 6.75. The van der Waals surface area contributed by atoms with Crippen LogP contribution in [0.3, 0.4) is 0 Å². The molecule has 2 saturated carbocycles. The number of halogens is 1. The Kier molecular flexibility index (Phi) is 3.24. The van der Waals surface area contributed by atoms with Crippen LogP contribution < -0.4 is 9.56 Å². The van der Waals surface area contributed by atoms with Gasteiger partial charge in [-0.15, -0.1) is 6.58 Å². The molecule has 0 heterocycles. The van der Waals surface area contributed by atoms with Crippen molar-refractivity contribution in [3.63, 3.8) is 0 Å².